The highest BCUT2D eigenvalue weighted by Gasteiger charge is 1.98. The Morgan fingerprint density at radius 1 is 0.947 bits per heavy atom. The van der Waals surface area contributed by atoms with Gasteiger partial charge in [0.05, 0.1) is 0 Å². The van der Waals surface area contributed by atoms with Crippen molar-refractivity contribution >= 4 is 23.0 Å². The second-order valence-corrected chi connectivity index (χ2v) is 4.26. The zero-order chi connectivity index (χ0) is 13.7. The zero-order valence-corrected chi connectivity index (χ0v) is 10.8. The number of carbonyl (C=O) groups is 1. The summed E-state index contributed by atoms with van der Waals surface area (Å²) < 4.78 is 0. The molecule has 0 saturated carbocycles. The topological polar surface area (TPSA) is 41.1 Å². The maximum absolute atomic E-state index is 11.1. The minimum Gasteiger partial charge on any atom is -0.356 e. The normalized spacial score (nSPS) is 9.74. The quantitative estimate of drug-likeness (QED) is 0.811. The van der Waals surface area contributed by atoms with Gasteiger partial charge in [-0.25, -0.2) is 0 Å². The van der Waals surface area contributed by atoms with Crippen LogP contribution in [0.2, 0.25) is 0 Å². The minimum absolute atomic E-state index is 0.209. The van der Waals surface area contributed by atoms with Crippen molar-refractivity contribution in [3.63, 3.8) is 0 Å². The lowest BCUT2D eigenvalue weighted by atomic mass is 10.2. The summed E-state index contributed by atoms with van der Waals surface area (Å²) in [6.45, 7) is 5.47. The van der Waals surface area contributed by atoms with E-state index in [-0.39, 0.29) is 5.91 Å². The van der Waals surface area contributed by atoms with Crippen LogP contribution in [-0.2, 0) is 4.79 Å². The van der Waals surface area contributed by atoms with Crippen LogP contribution in [0.1, 0.15) is 5.56 Å². The van der Waals surface area contributed by atoms with E-state index in [0.717, 1.165) is 17.1 Å². The first-order chi connectivity index (χ1) is 9.17. The van der Waals surface area contributed by atoms with Crippen LogP contribution in [0.3, 0.4) is 0 Å². The fourth-order valence-corrected chi connectivity index (χ4v) is 1.63. The van der Waals surface area contributed by atoms with Crippen molar-refractivity contribution in [2.75, 3.05) is 10.6 Å². The van der Waals surface area contributed by atoms with E-state index in [0.29, 0.717) is 0 Å². The molecule has 0 unspecified atom stereocenters. The lowest BCUT2D eigenvalue weighted by molar-refractivity contribution is -0.111. The van der Waals surface area contributed by atoms with Gasteiger partial charge in [0.2, 0.25) is 5.91 Å². The summed E-state index contributed by atoms with van der Waals surface area (Å²) >= 11 is 0. The molecule has 0 aromatic heterocycles. The van der Waals surface area contributed by atoms with Crippen molar-refractivity contribution in [1.82, 2.24) is 0 Å². The molecule has 2 rings (SSSR count). The molecule has 0 saturated heterocycles. The number of rotatable bonds is 4. The summed E-state index contributed by atoms with van der Waals surface area (Å²) in [4.78, 5) is 11.1. The molecular formula is C16H16N2O. The molecule has 0 aliphatic rings. The van der Waals surface area contributed by atoms with E-state index in [4.69, 9.17) is 0 Å². The molecule has 0 fully saturated rings. The van der Waals surface area contributed by atoms with E-state index in [1.54, 1.807) is 0 Å². The Bertz CT molecular complexity index is 571. The van der Waals surface area contributed by atoms with Crippen LogP contribution in [0.4, 0.5) is 17.1 Å². The number of hydrogen-bond donors (Lipinski definition) is 2. The van der Waals surface area contributed by atoms with Gasteiger partial charge < -0.3 is 10.6 Å². The van der Waals surface area contributed by atoms with E-state index in [1.807, 2.05) is 36.4 Å². The highest BCUT2D eigenvalue weighted by molar-refractivity contribution is 5.98. The molecular weight excluding hydrogens is 236 g/mol. The third kappa shape index (κ3) is 3.71. The monoisotopic (exact) mass is 252 g/mol. The molecule has 0 atom stereocenters. The van der Waals surface area contributed by atoms with Crippen molar-refractivity contribution in [2.24, 2.45) is 0 Å². The number of nitrogens with one attached hydrogen (secondary N) is 2. The van der Waals surface area contributed by atoms with Crippen LogP contribution >= 0.6 is 0 Å². The highest BCUT2D eigenvalue weighted by Crippen LogP contribution is 2.19. The highest BCUT2D eigenvalue weighted by atomic mass is 16.1. The summed E-state index contributed by atoms with van der Waals surface area (Å²) in [6.07, 6.45) is 1.25. The fourth-order valence-electron chi connectivity index (χ4n) is 1.63. The number of hydrogen-bond acceptors (Lipinski definition) is 2. The summed E-state index contributed by atoms with van der Waals surface area (Å²) in [5.41, 5.74) is 3.99. The Labute approximate surface area is 113 Å². The predicted molar refractivity (Wildman–Crippen MR) is 79.7 cm³/mol. The van der Waals surface area contributed by atoms with Crippen LogP contribution in [0.5, 0.6) is 0 Å². The van der Waals surface area contributed by atoms with E-state index in [2.05, 4.69) is 36.3 Å². The van der Waals surface area contributed by atoms with Crippen molar-refractivity contribution in [3.8, 4) is 0 Å². The van der Waals surface area contributed by atoms with Gasteiger partial charge in [-0.05, 0) is 49.4 Å². The van der Waals surface area contributed by atoms with Gasteiger partial charge >= 0.3 is 0 Å². The summed E-state index contributed by atoms with van der Waals surface area (Å²) in [5, 5.41) is 6.00. The standard InChI is InChI=1S/C16H16N2O/c1-3-16(19)18-15-10-8-14(9-11-15)17-13-6-4-12(2)5-7-13/h3-11,17H,1H2,2H3,(H,18,19). The number of aryl methyl sites for hydroxylation is 1. The average molecular weight is 252 g/mol. The molecule has 2 aromatic carbocycles. The lowest BCUT2D eigenvalue weighted by Gasteiger charge is -2.08. The Hall–Kier alpha value is -2.55. The third-order valence-corrected chi connectivity index (χ3v) is 2.68. The van der Waals surface area contributed by atoms with Gasteiger partial charge in [0.25, 0.3) is 0 Å². The Morgan fingerprint density at radius 2 is 1.42 bits per heavy atom. The Kier molecular flexibility index (Phi) is 3.98. The van der Waals surface area contributed by atoms with Crippen molar-refractivity contribution in [1.29, 1.82) is 0 Å². The first-order valence-corrected chi connectivity index (χ1v) is 6.04. The summed E-state index contributed by atoms with van der Waals surface area (Å²) in [7, 11) is 0. The molecule has 19 heavy (non-hydrogen) atoms. The third-order valence-electron chi connectivity index (χ3n) is 2.68. The molecule has 0 radical (unpaired) electrons. The molecule has 2 aromatic rings. The van der Waals surface area contributed by atoms with E-state index < -0.39 is 0 Å². The minimum atomic E-state index is -0.209. The van der Waals surface area contributed by atoms with Crippen LogP contribution in [-0.4, -0.2) is 5.91 Å². The second kappa shape index (κ2) is 5.87. The van der Waals surface area contributed by atoms with Gasteiger partial charge in [-0.1, -0.05) is 24.3 Å². The average Bonchev–Trinajstić information content (AvgIpc) is 2.43. The molecule has 96 valence electrons. The van der Waals surface area contributed by atoms with Crippen molar-refractivity contribution in [3.05, 3.63) is 66.7 Å². The first kappa shape index (κ1) is 12.9. The molecule has 0 aliphatic carbocycles. The van der Waals surface area contributed by atoms with E-state index in [9.17, 15) is 4.79 Å². The largest absolute Gasteiger partial charge is 0.356 e. The Balaban J connectivity index is 2.04. The number of amides is 1. The van der Waals surface area contributed by atoms with Crippen molar-refractivity contribution < 1.29 is 4.79 Å². The number of benzene rings is 2. The van der Waals surface area contributed by atoms with Gasteiger partial charge in [-0.15, -0.1) is 0 Å². The molecule has 0 spiro atoms. The molecule has 0 bridgehead atoms. The molecule has 1 amide bonds. The lowest BCUT2D eigenvalue weighted by Crippen LogP contribution is -2.06. The van der Waals surface area contributed by atoms with Crippen LogP contribution in [0.15, 0.2) is 61.2 Å². The summed E-state index contributed by atoms with van der Waals surface area (Å²) in [5.74, 6) is -0.209. The van der Waals surface area contributed by atoms with Crippen molar-refractivity contribution in [2.45, 2.75) is 6.92 Å². The fraction of sp³-hybridized carbons (Fsp3) is 0.0625. The number of carbonyl (C=O) groups excluding carboxylic acids is 1. The predicted octanol–water partition coefficient (Wildman–Crippen LogP) is 3.86. The van der Waals surface area contributed by atoms with Gasteiger partial charge in [-0.3, -0.25) is 4.79 Å². The molecule has 2 N–H and O–H groups in total. The molecule has 0 aliphatic heterocycles. The van der Waals surface area contributed by atoms with Crippen LogP contribution < -0.4 is 10.6 Å². The summed E-state index contributed by atoms with van der Waals surface area (Å²) in [6, 6.07) is 15.7. The maximum Gasteiger partial charge on any atom is 0.247 e. The molecule has 0 heterocycles. The molecule has 3 nitrogen and oxygen atoms in total. The number of anilines is 3. The van der Waals surface area contributed by atoms with Gasteiger partial charge in [-0.2, -0.15) is 0 Å². The molecule has 3 heteroatoms. The first-order valence-electron chi connectivity index (χ1n) is 6.04. The van der Waals surface area contributed by atoms with Crippen LogP contribution in [0.25, 0.3) is 0 Å². The maximum atomic E-state index is 11.1. The zero-order valence-electron chi connectivity index (χ0n) is 10.8. The van der Waals surface area contributed by atoms with Gasteiger partial charge in [0, 0.05) is 17.1 Å². The van der Waals surface area contributed by atoms with E-state index >= 15 is 0 Å². The van der Waals surface area contributed by atoms with Crippen LogP contribution in [0, 0.1) is 6.92 Å². The SMILES string of the molecule is C=CC(=O)Nc1ccc(Nc2ccc(C)cc2)cc1. The Morgan fingerprint density at radius 3 is 1.95 bits per heavy atom. The van der Waals surface area contributed by atoms with Gasteiger partial charge in [0.15, 0.2) is 0 Å². The smallest absolute Gasteiger partial charge is 0.247 e. The van der Waals surface area contributed by atoms with E-state index in [1.165, 1.54) is 11.6 Å². The second-order valence-electron chi connectivity index (χ2n) is 4.26. The van der Waals surface area contributed by atoms with Gasteiger partial charge in [0.1, 0.15) is 0 Å².